The highest BCUT2D eigenvalue weighted by Crippen LogP contribution is 2.25. The first kappa shape index (κ1) is 14.0. The lowest BCUT2D eigenvalue weighted by Gasteiger charge is -2.07. The molecule has 0 fully saturated rings. The molecule has 0 unspecified atom stereocenters. The van der Waals surface area contributed by atoms with Crippen molar-refractivity contribution in [2.24, 2.45) is 0 Å². The molecule has 0 radical (unpaired) electrons. The minimum Gasteiger partial charge on any atom is -0.323 e. The largest absolute Gasteiger partial charge is 0.323 e. The van der Waals surface area contributed by atoms with Crippen LogP contribution in [0.4, 0.5) is 5.69 Å². The van der Waals surface area contributed by atoms with Gasteiger partial charge in [-0.1, -0.05) is 44.9 Å². The predicted molar refractivity (Wildman–Crippen MR) is 85.3 cm³/mol. The fraction of sp³-hybridized carbons (Fsp3) is 0.0714. The number of rotatable bonds is 3. The van der Waals surface area contributed by atoms with Crippen LogP contribution in [0, 0.1) is 0 Å². The summed E-state index contributed by atoms with van der Waals surface area (Å²) in [6, 6.07) is 12.8. The molecule has 21 heavy (non-hydrogen) atoms. The number of hydrogen-bond acceptors (Lipinski definition) is 3. The van der Waals surface area contributed by atoms with E-state index >= 15 is 0 Å². The smallest absolute Gasteiger partial charge is 0.246 e. The Morgan fingerprint density at radius 2 is 2.10 bits per heavy atom. The summed E-state index contributed by atoms with van der Waals surface area (Å²) in [6.07, 6.45) is 0. The highest BCUT2D eigenvalue weighted by molar-refractivity contribution is 9.10. The van der Waals surface area contributed by atoms with Gasteiger partial charge in [0, 0.05) is 4.47 Å². The molecule has 1 N–H and O–H groups in total. The number of benzene rings is 2. The molecule has 1 amide bonds. The summed E-state index contributed by atoms with van der Waals surface area (Å²) >= 11 is 9.39. The van der Waals surface area contributed by atoms with Crippen LogP contribution in [0.3, 0.4) is 0 Å². The third kappa shape index (κ3) is 3.06. The molecule has 2 aromatic carbocycles. The van der Waals surface area contributed by atoms with Gasteiger partial charge in [-0.3, -0.25) is 4.79 Å². The summed E-state index contributed by atoms with van der Waals surface area (Å²) in [5.74, 6) is -0.213. The lowest BCUT2D eigenvalue weighted by molar-refractivity contribution is -0.116. The second-order valence-electron chi connectivity index (χ2n) is 4.41. The molecule has 0 aliphatic heterocycles. The van der Waals surface area contributed by atoms with Crippen LogP contribution in [0.2, 0.25) is 5.02 Å². The molecular formula is C14H10BrClN4O. The minimum atomic E-state index is -0.213. The van der Waals surface area contributed by atoms with Crippen LogP contribution in [0.25, 0.3) is 11.0 Å². The zero-order valence-corrected chi connectivity index (χ0v) is 13.1. The Morgan fingerprint density at radius 3 is 2.90 bits per heavy atom. The molecule has 0 saturated carbocycles. The molecule has 106 valence electrons. The second-order valence-corrected chi connectivity index (χ2v) is 5.73. The molecule has 0 aliphatic rings. The van der Waals surface area contributed by atoms with Crippen LogP contribution >= 0.6 is 27.5 Å². The molecule has 0 bridgehead atoms. The van der Waals surface area contributed by atoms with E-state index in [0.29, 0.717) is 10.7 Å². The van der Waals surface area contributed by atoms with E-state index in [0.717, 1.165) is 15.5 Å². The van der Waals surface area contributed by atoms with Gasteiger partial charge < -0.3 is 5.32 Å². The number of aromatic nitrogens is 3. The molecular weight excluding hydrogens is 356 g/mol. The fourth-order valence-corrected chi connectivity index (χ4v) is 2.67. The maximum atomic E-state index is 12.1. The van der Waals surface area contributed by atoms with Gasteiger partial charge in [-0.05, 0) is 30.3 Å². The highest BCUT2D eigenvalue weighted by Gasteiger charge is 2.10. The summed E-state index contributed by atoms with van der Waals surface area (Å²) in [5, 5.41) is 11.2. The van der Waals surface area contributed by atoms with Gasteiger partial charge in [0.25, 0.3) is 0 Å². The number of nitrogens with one attached hydrogen (secondary N) is 1. The number of anilines is 1. The van der Waals surface area contributed by atoms with Crippen molar-refractivity contribution in [3.05, 3.63) is 52.0 Å². The minimum absolute atomic E-state index is 0.0763. The van der Waals surface area contributed by atoms with E-state index in [9.17, 15) is 4.79 Å². The normalized spacial score (nSPS) is 10.8. The number of amides is 1. The summed E-state index contributed by atoms with van der Waals surface area (Å²) in [4.78, 5) is 12.1. The first-order valence-corrected chi connectivity index (χ1v) is 7.34. The number of hydrogen-bond donors (Lipinski definition) is 1. The average Bonchev–Trinajstić information content (AvgIpc) is 2.85. The van der Waals surface area contributed by atoms with Gasteiger partial charge in [0.15, 0.2) is 0 Å². The lowest BCUT2D eigenvalue weighted by Crippen LogP contribution is -2.19. The van der Waals surface area contributed by atoms with Crippen LogP contribution in [0.5, 0.6) is 0 Å². The van der Waals surface area contributed by atoms with Crippen molar-refractivity contribution in [2.45, 2.75) is 6.54 Å². The Labute approximate surface area is 134 Å². The van der Waals surface area contributed by atoms with Gasteiger partial charge in [0.05, 0.1) is 16.2 Å². The monoisotopic (exact) mass is 364 g/mol. The third-order valence-electron chi connectivity index (χ3n) is 2.92. The van der Waals surface area contributed by atoms with Crippen LogP contribution in [-0.4, -0.2) is 20.9 Å². The first-order valence-electron chi connectivity index (χ1n) is 6.16. The number of carbonyl (C=O) groups is 1. The van der Waals surface area contributed by atoms with E-state index in [1.54, 1.807) is 16.8 Å². The van der Waals surface area contributed by atoms with Crippen LogP contribution in [0.15, 0.2) is 46.9 Å². The standard InChI is InChI=1S/C14H10BrClN4O/c15-9-5-6-11(10(16)7-9)17-14(21)8-20-13-4-2-1-3-12(13)18-19-20/h1-7H,8H2,(H,17,21). The number of para-hydroxylation sites is 1. The van der Waals surface area contributed by atoms with Gasteiger partial charge in [-0.15, -0.1) is 5.10 Å². The zero-order valence-electron chi connectivity index (χ0n) is 10.8. The van der Waals surface area contributed by atoms with Gasteiger partial charge in [-0.25, -0.2) is 4.68 Å². The first-order chi connectivity index (χ1) is 10.1. The van der Waals surface area contributed by atoms with Crippen molar-refractivity contribution in [1.29, 1.82) is 0 Å². The second kappa shape index (κ2) is 5.83. The molecule has 7 heteroatoms. The van der Waals surface area contributed by atoms with Crippen molar-refractivity contribution in [3.63, 3.8) is 0 Å². The number of fused-ring (bicyclic) bond motifs is 1. The Balaban J connectivity index is 1.77. The molecule has 0 spiro atoms. The lowest BCUT2D eigenvalue weighted by atomic mass is 10.3. The summed E-state index contributed by atoms with van der Waals surface area (Å²) in [5.41, 5.74) is 2.14. The predicted octanol–water partition coefficient (Wildman–Crippen LogP) is 3.49. The fourth-order valence-electron chi connectivity index (χ4n) is 1.95. The summed E-state index contributed by atoms with van der Waals surface area (Å²) in [7, 11) is 0. The van der Waals surface area contributed by atoms with Crippen LogP contribution in [0.1, 0.15) is 0 Å². The van der Waals surface area contributed by atoms with Gasteiger partial charge in [0.2, 0.25) is 5.91 Å². The topological polar surface area (TPSA) is 59.8 Å². The van der Waals surface area contributed by atoms with E-state index in [4.69, 9.17) is 11.6 Å². The molecule has 3 aromatic rings. The van der Waals surface area contributed by atoms with E-state index in [1.807, 2.05) is 30.3 Å². The van der Waals surface area contributed by atoms with Gasteiger partial charge in [-0.2, -0.15) is 0 Å². The number of halogens is 2. The highest BCUT2D eigenvalue weighted by atomic mass is 79.9. The molecule has 0 atom stereocenters. The molecule has 0 aliphatic carbocycles. The van der Waals surface area contributed by atoms with E-state index < -0.39 is 0 Å². The number of nitrogens with zero attached hydrogens (tertiary/aromatic N) is 3. The average molecular weight is 366 g/mol. The molecule has 1 aromatic heterocycles. The quantitative estimate of drug-likeness (QED) is 0.773. The molecule has 0 saturated heterocycles. The van der Waals surface area contributed by atoms with Crippen molar-refractivity contribution >= 4 is 50.2 Å². The van der Waals surface area contributed by atoms with Crippen molar-refractivity contribution < 1.29 is 4.79 Å². The summed E-state index contributed by atoms with van der Waals surface area (Å²) < 4.78 is 2.41. The van der Waals surface area contributed by atoms with E-state index in [1.165, 1.54) is 0 Å². The Hall–Kier alpha value is -1.92. The van der Waals surface area contributed by atoms with Crippen molar-refractivity contribution in [3.8, 4) is 0 Å². The third-order valence-corrected chi connectivity index (χ3v) is 3.72. The zero-order chi connectivity index (χ0) is 14.8. The Morgan fingerprint density at radius 1 is 1.29 bits per heavy atom. The van der Waals surface area contributed by atoms with Gasteiger partial charge in [0.1, 0.15) is 12.1 Å². The molecule has 1 heterocycles. The van der Waals surface area contributed by atoms with Crippen molar-refractivity contribution in [1.82, 2.24) is 15.0 Å². The summed E-state index contributed by atoms with van der Waals surface area (Å²) in [6.45, 7) is 0.0763. The van der Waals surface area contributed by atoms with E-state index in [2.05, 4.69) is 31.6 Å². The van der Waals surface area contributed by atoms with Crippen molar-refractivity contribution in [2.75, 3.05) is 5.32 Å². The molecule has 5 nitrogen and oxygen atoms in total. The molecule has 3 rings (SSSR count). The maximum Gasteiger partial charge on any atom is 0.246 e. The Bertz CT molecular complexity index is 818. The van der Waals surface area contributed by atoms with Gasteiger partial charge >= 0.3 is 0 Å². The Kier molecular flexibility index (Phi) is 3.90. The SMILES string of the molecule is O=C(Cn1nnc2ccccc21)Nc1ccc(Br)cc1Cl. The van der Waals surface area contributed by atoms with Crippen LogP contribution < -0.4 is 5.32 Å². The van der Waals surface area contributed by atoms with Crippen LogP contribution in [-0.2, 0) is 11.3 Å². The number of carbonyl (C=O) groups excluding carboxylic acids is 1. The maximum absolute atomic E-state index is 12.1. The van der Waals surface area contributed by atoms with E-state index in [-0.39, 0.29) is 12.5 Å².